The largest absolute Gasteiger partial charge is 0.465 e. The molecule has 2 atom stereocenters. The fraction of sp³-hybridized carbons (Fsp3) is 0.360. The molecule has 0 aromatic heterocycles. The molecular formula is C25H26F3N3O5. The van der Waals surface area contributed by atoms with Gasteiger partial charge in [0.2, 0.25) is 5.91 Å². The topological polar surface area (TPSA) is 114 Å². The first-order valence-electron chi connectivity index (χ1n) is 11.3. The van der Waals surface area contributed by atoms with Crippen molar-refractivity contribution in [2.75, 3.05) is 13.7 Å². The molecule has 1 saturated carbocycles. The molecule has 3 rings (SSSR count). The van der Waals surface area contributed by atoms with Crippen LogP contribution in [0.2, 0.25) is 0 Å². The first-order valence-corrected chi connectivity index (χ1v) is 11.3. The Bertz CT molecular complexity index is 1120. The van der Waals surface area contributed by atoms with Gasteiger partial charge in [-0.2, -0.15) is 13.2 Å². The van der Waals surface area contributed by atoms with E-state index < -0.39 is 36.1 Å². The van der Waals surface area contributed by atoms with Crippen molar-refractivity contribution in [3.8, 4) is 0 Å². The van der Waals surface area contributed by atoms with Gasteiger partial charge >= 0.3 is 12.1 Å². The average molecular weight is 505 g/mol. The second-order valence-corrected chi connectivity index (χ2v) is 8.37. The number of amides is 3. The van der Waals surface area contributed by atoms with Crippen LogP contribution in [0, 0.1) is 0 Å². The van der Waals surface area contributed by atoms with Crippen molar-refractivity contribution in [3.05, 3.63) is 70.8 Å². The number of methoxy groups -OCH3 is 1. The summed E-state index contributed by atoms with van der Waals surface area (Å²) in [6.07, 6.45) is -1.66. The first-order chi connectivity index (χ1) is 17.1. The van der Waals surface area contributed by atoms with Crippen LogP contribution in [-0.4, -0.2) is 49.4 Å². The summed E-state index contributed by atoms with van der Waals surface area (Å²) < 4.78 is 43.2. The fourth-order valence-corrected chi connectivity index (χ4v) is 3.96. The van der Waals surface area contributed by atoms with Crippen LogP contribution in [0.4, 0.5) is 13.2 Å². The summed E-state index contributed by atoms with van der Waals surface area (Å²) in [5.74, 6) is -2.21. The van der Waals surface area contributed by atoms with Gasteiger partial charge in [0.25, 0.3) is 11.8 Å². The summed E-state index contributed by atoms with van der Waals surface area (Å²) in [5.41, 5.74) is -0.519. The lowest BCUT2D eigenvalue weighted by Gasteiger charge is -2.33. The van der Waals surface area contributed by atoms with Crippen molar-refractivity contribution in [1.82, 2.24) is 16.0 Å². The zero-order valence-electron chi connectivity index (χ0n) is 19.5. The lowest BCUT2D eigenvalue weighted by atomic mass is 9.90. The number of nitrogens with one attached hydrogen (secondary N) is 3. The maximum absolute atomic E-state index is 12.9. The molecule has 1 fully saturated rings. The van der Waals surface area contributed by atoms with E-state index in [0.717, 1.165) is 31.0 Å². The predicted octanol–water partition coefficient (Wildman–Crippen LogP) is 3.08. The van der Waals surface area contributed by atoms with Crippen LogP contribution in [0.1, 0.15) is 62.3 Å². The molecular weight excluding hydrogens is 479 g/mol. The molecule has 11 heteroatoms. The summed E-state index contributed by atoms with van der Waals surface area (Å²) in [7, 11) is 1.26. The summed E-state index contributed by atoms with van der Waals surface area (Å²) in [5, 5.41) is 8.02. The second-order valence-electron chi connectivity index (χ2n) is 8.37. The van der Waals surface area contributed by atoms with Gasteiger partial charge in [0.1, 0.15) is 0 Å². The van der Waals surface area contributed by atoms with Gasteiger partial charge in [-0.25, -0.2) is 4.79 Å². The zero-order chi connectivity index (χ0) is 26.3. The van der Waals surface area contributed by atoms with Gasteiger partial charge in [0.15, 0.2) is 0 Å². The molecule has 0 radical (unpaired) electrons. The molecule has 1 aliphatic rings. The molecule has 2 aromatic rings. The van der Waals surface area contributed by atoms with E-state index in [1.54, 1.807) is 0 Å². The van der Waals surface area contributed by atoms with Crippen molar-refractivity contribution in [2.24, 2.45) is 0 Å². The number of carbonyl (C=O) groups is 4. The molecule has 0 spiro atoms. The number of hydrogen-bond donors (Lipinski definition) is 3. The average Bonchev–Trinajstić information content (AvgIpc) is 2.87. The van der Waals surface area contributed by atoms with Gasteiger partial charge in [0.05, 0.1) is 24.8 Å². The van der Waals surface area contributed by atoms with Crippen LogP contribution in [0.25, 0.3) is 0 Å². The minimum atomic E-state index is -4.59. The summed E-state index contributed by atoms with van der Waals surface area (Å²) in [6, 6.07) is 9.16. The van der Waals surface area contributed by atoms with Gasteiger partial charge in [-0.3, -0.25) is 14.4 Å². The quantitative estimate of drug-likeness (QED) is 0.501. The van der Waals surface area contributed by atoms with Gasteiger partial charge in [0, 0.05) is 23.2 Å². The van der Waals surface area contributed by atoms with Crippen LogP contribution >= 0.6 is 0 Å². The van der Waals surface area contributed by atoms with E-state index in [4.69, 9.17) is 0 Å². The number of alkyl halides is 3. The standard InChI is InChI=1S/C25H26F3N3O5/c1-36-24(35)16-11-9-15(10-12-16)23(34)31-20-8-3-2-7-19(20)30-21(32)14-29-22(33)17-5-4-6-18(13-17)25(26,27)28/h4-6,9-13,19-20H,2-3,7-8,14H2,1H3,(H,29,33)(H,30,32)(H,31,34)/t19-,20+/m1/s1. The zero-order valence-corrected chi connectivity index (χ0v) is 19.5. The lowest BCUT2D eigenvalue weighted by molar-refractivity contribution is -0.137. The molecule has 3 N–H and O–H groups in total. The van der Waals surface area contributed by atoms with Crippen LogP contribution in [0.5, 0.6) is 0 Å². The van der Waals surface area contributed by atoms with Crippen LogP contribution in [0.15, 0.2) is 48.5 Å². The summed E-state index contributed by atoms with van der Waals surface area (Å²) in [6.45, 7) is -0.429. The van der Waals surface area contributed by atoms with E-state index in [1.807, 2.05) is 0 Å². The molecule has 192 valence electrons. The van der Waals surface area contributed by atoms with Crippen molar-refractivity contribution >= 4 is 23.7 Å². The van der Waals surface area contributed by atoms with Crippen LogP contribution < -0.4 is 16.0 Å². The minimum absolute atomic E-state index is 0.210. The highest BCUT2D eigenvalue weighted by Gasteiger charge is 2.31. The van der Waals surface area contributed by atoms with Gasteiger partial charge in [-0.05, 0) is 55.3 Å². The fourth-order valence-electron chi connectivity index (χ4n) is 3.96. The lowest BCUT2D eigenvalue weighted by Crippen LogP contribution is -2.54. The molecule has 1 aliphatic carbocycles. The highest BCUT2D eigenvalue weighted by Crippen LogP contribution is 2.29. The Morgan fingerprint density at radius 3 is 2.08 bits per heavy atom. The summed E-state index contributed by atoms with van der Waals surface area (Å²) in [4.78, 5) is 48.9. The van der Waals surface area contributed by atoms with Gasteiger partial charge in [-0.1, -0.05) is 18.9 Å². The van der Waals surface area contributed by atoms with Crippen molar-refractivity contribution in [2.45, 2.75) is 43.9 Å². The third kappa shape index (κ3) is 7.06. The number of carbonyl (C=O) groups excluding carboxylic acids is 4. The maximum Gasteiger partial charge on any atom is 0.416 e. The Balaban J connectivity index is 1.55. The monoisotopic (exact) mass is 505 g/mol. The Morgan fingerprint density at radius 1 is 0.861 bits per heavy atom. The van der Waals surface area contributed by atoms with E-state index in [2.05, 4.69) is 20.7 Å². The van der Waals surface area contributed by atoms with Crippen LogP contribution in [0.3, 0.4) is 0 Å². The number of benzene rings is 2. The molecule has 0 heterocycles. The number of rotatable bonds is 7. The summed E-state index contributed by atoms with van der Waals surface area (Å²) >= 11 is 0. The van der Waals surface area contributed by atoms with Crippen molar-refractivity contribution in [1.29, 1.82) is 0 Å². The van der Waals surface area contributed by atoms with Gasteiger partial charge < -0.3 is 20.7 Å². The molecule has 0 saturated heterocycles. The molecule has 3 amide bonds. The third-order valence-electron chi connectivity index (χ3n) is 5.86. The Labute approximate surface area is 205 Å². The van der Waals surface area contributed by atoms with Crippen molar-refractivity contribution in [3.63, 3.8) is 0 Å². The molecule has 2 aromatic carbocycles. The van der Waals surface area contributed by atoms with E-state index in [9.17, 15) is 32.3 Å². The predicted molar refractivity (Wildman–Crippen MR) is 123 cm³/mol. The molecule has 0 unspecified atom stereocenters. The Hall–Kier alpha value is -3.89. The SMILES string of the molecule is COC(=O)c1ccc(C(=O)N[C@H]2CCCC[C@H]2NC(=O)CNC(=O)c2cccc(C(F)(F)F)c2)cc1. The van der Waals surface area contributed by atoms with E-state index >= 15 is 0 Å². The third-order valence-corrected chi connectivity index (χ3v) is 5.86. The van der Waals surface area contributed by atoms with E-state index in [-0.39, 0.29) is 23.6 Å². The highest BCUT2D eigenvalue weighted by molar-refractivity contribution is 5.97. The maximum atomic E-state index is 12.9. The second kappa shape index (κ2) is 11.7. The Morgan fingerprint density at radius 2 is 1.47 bits per heavy atom. The van der Waals surface area contributed by atoms with E-state index in [0.29, 0.717) is 24.0 Å². The number of esters is 1. The Kier molecular flexibility index (Phi) is 8.68. The highest BCUT2D eigenvalue weighted by atomic mass is 19.4. The number of hydrogen-bond acceptors (Lipinski definition) is 5. The van der Waals surface area contributed by atoms with E-state index in [1.165, 1.54) is 37.4 Å². The normalized spacial score (nSPS) is 17.6. The van der Waals surface area contributed by atoms with Crippen LogP contribution in [-0.2, 0) is 15.7 Å². The molecule has 0 aliphatic heterocycles. The molecule has 8 nitrogen and oxygen atoms in total. The number of ether oxygens (including phenoxy) is 1. The van der Waals surface area contributed by atoms with Crippen molar-refractivity contribution < 1.29 is 37.1 Å². The smallest absolute Gasteiger partial charge is 0.416 e. The molecule has 0 bridgehead atoms. The molecule has 36 heavy (non-hydrogen) atoms. The first kappa shape index (κ1) is 26.7. The number of halogens is 3. The minimum Gasteiger partial charge on any atom is -0.465 e. The van der Waals surface area contributed by atoms with Gasteiger partial charge in [-0.15, -0.1) is 0 Å².